The van der Waals surface area contributed by atoms with Crippen molar-refractivity contribution in [1.82, 2.24) is 15.1 Å². The number of piperazine rings is 1. The summed E-state index contributed by atoms with van der Waals surface area (Å²) in [6.45, 7) is 8.16. The Hall–Kier alpha value is -1.66. The molecule has 2 fully saturated rings. The number of anilines is 1. The molecule has 0 spiro atoms. The molecule has 1 saturated heterocycles. The van der Waals surface area contributed by atoms with E-state index in [1.54, 1.807) is 0 Å². The van der Waals surface area contributed by atoms with Crippen LogP contribution in [0.25, 0.3) is 0 Å². The molecule has 1 aromatic rings. The van der Waals surface area contributed by atoms with Crippen LogP contribution in [0.1, 0.15) is 24.0 Å². The highest BCUT2D eigenvalue weighted by atomic mass is 32.1. The first kappa shape index (κ1) is 17.2. The number of carbonyl (C=O) groups excluding carboxylic acids is 1. The van der Waals surface area contributed by atoms with Gasteiger partial charge in [-0.15, -0.1) is 0 Å². The molecule has 0 unspecified atom stereocenters. The van der Waals surface area contributed by atoms with Crippen molar-refractivity contribution in [3.8, 4) is 0 Å². The van der Waals surface area contributed by atoms with Crippen molar-refractivity contribution in [3.63, 3.8) is 0 Å². The summed E-state index contributed by atoms with van der Waals surface area (Å²) in [5, 5.41) is 7.14. The maximum atomic E-state index is 11.9. The smallest absolute Gasteiger partial charge is 0.234 e. The summed E-state index contributed by atoms with van der Waals surface area (Å²) in [4.78, 5) is 16.3. The Morgan fingerprint density at radius 1 is 1.17 bits per heavy atom. The molecule has 0 aromatic heterocycles. The minimum Gasteiger partial charge on any atom is -0.352 e. The zero-order chi connectivity index (χ0) is 17.1. The van der Waals surface area contributed by atoms with E-state index in [-0.39, 0.29) is 5.91 Å². The van der Waals surface area contributed by atoms with Crippen LogP contribution >= 0.6 is 12.2 Å². The first-order valence-electron chi connectivity index (χ1n) is 8.66. The van der Waals surface area contributed by atoms with Crippen molar-refractivity contribution in [1.29, 1.82) is 0 Å². The lowest BCUT2D eigenvalue weighted by atomic mass is 10.1. The summed E-state index contributed by atoms with van der Waals surface area (Å²) in [5.74, 6) is 0.154. The number of benzene rings is 1. The van der Waals surface area contributed by atoms with E-state index in [1.165, 1.54) is 11.1 Å². The van der Waals surface area contributed by atoms with Crippen LogP contribution in [0, 0.1) is 13.8 Å². The summed E-state index contributed by atoms with van der Waals surface area (Å²) >= 11 is 5.54. The molecule has 0 bridgehead atoms. The molecule has 6 heteroatoms. The van der Waals surface area contributed by atoms with Gasteiger partial charge in [0, 0.05) is 37.9 Å². The van der Waals surface area contributed by atoms with Gasteiger partial charge in [0.1, 0.15) is 0 Å². The van der Waals surface area contributed by atoms with Crippen molar-refractivity contribution in [2.75, 3.05) is 38.0 Å². The Kier molecular flexibility index (Phi) is 5.36. The summed E-state index contributed by atoms with van der Waals surface area (Å²) < 4.78 is 0. The third-order valence-corrected chi connectivity index (χ3v) is 5.09. The van der Waals surface area contributed by atoms with Gasteiger partial charge in [0.2, 0.25) is 5.91 Å². The predicted octanol–water partition coefficient (Wildman–Crippen LogP) is 1.90. The lowest BCUT2D eigenvalue weighted by Crippen LogP contribution is -2.52. The molecule has 0 radical (unpaired) electrons. The van der Waals surface area contributed by atoms with E-state index >= 15 is 0 Å². The molecule has 2 N–H and O–H groups in total. The van der Waals surface area contributed by atoms with Crippen LogP contribution in [-0.4, -0.2) is 59.6 Å². The minimum atomic E-state index is 0.154. The molecule has 1 aliphatic carbocycles. The number of nitrogens with one attached hydrogen (secondary N) is 2. The normalized spacial score (nSPS) is 18.3. The van der Waals surface area contributed by atoms with Crippen LogP contribution in [0.5, 0.6) is 0 Å². The third-order valence-electron chi connectivity index (χ3n) is 4.73. The topological polar surface area (TPSA) is 47.6 Å². The van der Waals surface area contributed by atoms with Crippen LogP contribution in [0.15, 0.2) is 18.2 Å². The highest BCUT2D eigenvalue weighted by Crippen LogP contribution is 2.18. The van der Waals surface area contributed by atoms with Crippen LogP contribution in [0.4, 0.5) is 5.69 Å². The Balaban J connectivity index is 1.44. The summed E-state index contributed by atoms with van der Waals surface area (Å²) in [6, 6.07) is 6.73. The maximum absolute atomic E-state index is 11.9. The van der Waals surface area contributed by atoms with E-state index in [0.29, 0.717) is 12.6 Å². The van der Waals surface area contributed by atoms with Gasteiger partial charge >= 0.3 is 0 Å². The molecule has 1 heterocycles. The summed E-state index contributed by atoms with van der Waals surface area (Å²) in [5.41, 5.74) is 3.58. The molecular formula is C18H26N4OS. The van der Waals surface area contributed by atoms with E-state index in [9.17, 15) is 4.79 Å². The second-order valence-electron chi connectivity index (χ2n) is 6.83. The van der Waals surface area contributed by atoms with Gasteiger partial charge in [-0.2, -0.15) is 0 Å². The molecular weight excluding hydrogens is 320 g/mol. The fourth-order valence-corrected chi connectivity index (χ4v) is 3.14. The predicted molar refractivity (Wildman–Crippen MR) is 101 cm³/mol. The largest absolute Gasteiger partial charge is 0.352 e. The number of hydrogen-bond acceptors (Lipinski definition) is 3. The van der Waals surface area contributed by atoms with Gasteiger partial charge in [-0.3, -0.25) is 9.69 Å². The molecule has 1 saturated carbocycles. The molecule has 3 rings (SSSR count). The van der Waals surface area contributed by atoms with Crippen LogP contribution < -0.4 is 10.6 Å². The SMILES string of the molecule is Cc1ccc(NC(=S)N2CCN(CC(=O)NC3CC3)CC2)cc1C. The monoisotopic (exact) mass is 346 g/mol. The number of amides is 1. The van der Waals surface area contributed by atoms with Gasteiger partial charge in [-0.05, 0) is 62.2 Å². The fourth-order valence-electron chi connectivity index (χ4n) is 2.83. The van der Waals surface area contributed by atoms with Gasteiger partial charge in [-0.1, -0.05) is 6.07 Å². The van der Waals surface area contributed by atoms with Crippen molar-refractivity contribution in [3.05, 3.63) is 29.3 Å². The van der Waals surface area contributed by atoms with Crippen LogP contribution in [-0.2, 0) is 4.79 Å². The quantitative estimate of drug-likeness (QED) is 0.816. The van der Waals surface area contributed by atoms with Gasteiger partial charge in [0.05, 0.1) is 6.54 Å². The van der Waals surface area contributed by atoms with E-state index < -0.39 is 0 Å². The number of hydrogen-bond donors (Lipinski definition) is 2. The van der Waals surface area contributed by atoms with Crippen LogP contribution in [0.2, 0.25) is 0 Å². The van der Waals surface area contributed by atoms with Crippen molar-refractivity contribution < 1.29 is 4.79 Å². The number of thiocarbonyl (C=S) groups is 1. The van der Waals surface area contributed by atoms with Gasteiger partial charge in [0.15, 0.2) is 5.11 Å². The first-order valence-corrected chi connectivity index (χ1v) is 9.07. The maximum Gasteiger partial charge on any atom is 0.234 e. The average molecular weight is 347 g/mol. The number of aryl methyl sites for hydroxylation is 2. The van der Waals surface area contributed by atoms with Crippen molar-refractivity contribution >= 4 is 28.9 Å². The molecule has 0 atom stereocenters. The Morgan fingerprint density at radius 2 is 1.88 bits per heavy atom. The summed E-state index contributed by atoms with van der Waals surface area (Å²) in [7, 11) is 0. The second kappa shape index (κ2) is 7.49. The highest BCUT2D eigenvalue weighted by Gasteiger charge is 2.25. The fraction of sp³-hybridized carbons (Fsp3) is 0.556. The van der Waals surface area contributed by atoms with Gasteiger partial charge in [-0.25, -0.2) is 0 Å². The molecule has 1 aliphatic heterocycles. The van der Waals surface area contributed by atoms with E-state index in [0.717, 1.165) is 49.8 Å². The van der Waals surface area contributed by atoms with Crippen molar-refractivity contribution in [2.45, 2.75) is 32.7 Å². The van der Waals surface area contributed by atoms with E-state index in [4.69, 9.17) is 12.2 Å². The van der Waals surface area contributed by atoms with Crippen LogP contribution in [0.3, 0.4) is 0 Å². The van der Waals surface area contributed by atoms with E-state index in [2.05, 4.69) is 52.5 Å². The van der Waals surface area contributed by atoms with E-state index in [1.807, 2.05) is 0 Å². The molecule has 24 heavy (non-hydrogen) atoms. The van der Waals surface area contributed by atoms with Gasteiger partial charge in [0.25, 0.3) is 0 Å². The molecule has 2 aliphatic rings. The Labute approximate surface area is 149 Å². The Morgan fingerprint density at radius 3 is 2.50 bits per heavy atom. The molecule has 1 amide bonds. The molecule has 1 aromatic carbocycles. The van der Waals surface area contributed by atoms with Crippen molar-refractivity contribution in [2.24, 2.45) is 0 Å². The highest BCUT2D eigenvalue weighted by molar-refractivity contribution is 7.80. The lowest BCUT2D eigenvalue weighted by molar-refractivity contribution is -0.122. The second-order valence-corrected chi connectivity index (χ2v) is 7.22. The molecule has 130 valence electrons. The zero-order valence-corrected chi connectivity index (χ0v) is 15.3. The minimum absolute atomic E-state index is 0.154. The lowest BCUT2D eigenvalue weighted by Gasteiger charge is -2.35. The third kappa shape index (κ3) is 4.68. The number of carbonyl (C=O) groups is 1. The first-order chi connectivity index (χ1) is 11.5. The average Bonchev–Trinajstić information content (AvgIpc) is 3.35. The standard InChI is InChI=1S/C18H26N4OS/c1-13-3-4-16(11-14(13)2)20-18(24)22-9-7-21(8-10-22)12-17(23)19-15-5-6-15/h3-4,11,15H,5-10,12H2,1-2H3,(H,19,23)(H,20,24). The molecule has 5 nitrogen and oxygen atoms in total. The zero-order valence-electron chi connectivity index (χ0n) is 14.5. The van der Waals surface area contributed by atoms with Gasteiger partial charge < -0.3 is 15.5 Å². The Bertz CT molecular complexity index is 621. The number of nitrogens with zero attached hydrogens (tertiary/aromatic N) is 2. The summed E-state index contributed by atoms with van der Waals surface area (Å²) in [6.07, 6.45) is 2.27. The number of rotatable bonds is 4.